The van der Waals surface area contributed by atoms with Gasteiger partial charge >= 0.3 is 0 Å². The number of hydrogen-bond donors (Lipinski definition) is 1. The van der Waals surface area contributed by atoms with Crippen LogP contribution in [0.4, 0.5) is 0 Å². The van der Waals surface area contributed by atoms with E-state index in [0.717, 1.165) is 24.8 Å². The van der Waals surface area contributed by atoms with E-state index in [1.54, 1.807) is 17.8 Å². The molecule has 2 aromatic carbocycles. The Labute approximate surface area is 172 Å². The summed E-state index contributed by atoms with van der Waals surface area (Å²) < 4.78 is 26.8. The van der Waals surface area contributed by atoms with Gasteiger partial charge in [-0.25, -0.2) is 13.4 Å². The van der Waals surface area contributed by atoms with Gasteiger partial charge in [0.25, 0.3) is 0 Å². The molecule has 0 radical (unpaired) electrons. The van der Waals surface area contributed by atoms with Crippen LogP contribution in [-0.2, 0) is 36.1 Å². The Bertz CT molecular complexity index is 1090. The molecule has 1 aromatic heterocycles. The summed E-state index contributed by atoms with van der Waals surface area (Å²) in [6.45, 7) is 0. The number of hydrogen-bond acceptors (Lipinski definition) is 4. The van der Waals surface area contributed by atoms with Gasteiger partial charge in [-0.3, -0.25) is 0 Å². The lowest BCUT2D eigenvalue weighted by atomic mass is 9.76. The zero-order chi connectivity index (χ0) is 20.4. The minimum Gasteiger partial charge on any atom is -0.339 e. The minimum atomic E-state index is -3.39. The van der Waals surface area contributed by atoms with Gasteiger partial charge < -0.3 is 10.3 Å². The zero-order valence-electron chi connectivity index (χ0n) is 16.7. The lowest BCUT2D eigenvalue weighted by Gasteiger charge is -2.32. The highest BCUT2D eigenvalue weighted by Gasteiger charge is 2.27. The van der Waals surface area contributed by atoms with Crippen molar-refractivity contribution < 1.29 is 8.42 Å². The maximum Gasteiger partial charge on any atom is 0.197 e. The second-order valence-corrected chi connectivity index (χ2v) is 10.0. The van der Waals surface area contributed by atoms with Gasteiger partial charge in [0.15, 0.2) is 14.9 Å². The van der Waals surface area contributed by atoms with Gasteiger partial charge in [-0.05, 0) is 47.9 Å². The first-order valence-electron chi connectivity index (χ1n) is 10.0. The summed E-state index contributed by atoms with van der Waals surface area (Å²) in [6, 6.07) is 16.9. The molecule has 2 atom stereocenters. The van der Waals surface area contributed by atoms with E-state index in [2.05, 4.69) is 47.4 Å². The van der Waals surface area contributed by atoms with Gasteiger partial charge in [0.1, 0.15) is 0 Å². The van der Waals surface area contributed by atoms with Crippen LogP contribution in [0.1, 0.15) is 34.6 Å². The fourth-order valence-corrected chi connectivity index (χ4v) is 5.41. The number of fused-ring (bicyclic) bond motifs is 1. The standard InChI is InChI=1S/C23H27N3O2S/c1-26-15-23(25-16-26)29(27,28)12-11-18-7-8-19-9-10-22(24)21(20(19)13-18)14-17-5-3-2-4-6-17/h2-8,13,15-16,21-22H,9-12,14,24H2,1H3. The van der Waals surface area contributed by atoms with Crippen LogP contribution in [0.5, 0.6) is 0 Å². The highest BCUT2D eigenvalue weighted by atomic mass is 32.2. The number of aryl methyl sites for hydroxylation is 3. The van der Waals surface area contributed by atoms with E-state index in [1.807, 2.05) is 6.07 Å². The van der Waals surface area contributed by atoms with Gasteiger partial charge in [-0.1, -0.05) is 48.5 Å². The van der Waals surface area contributed by atoms with Crippen molar-refractivity contribution >= 4 is 9.84 Å². The molecule has 3 aromatic rings. The first-order chi connectivity index (χ1) is 13.9. The molecule has 0 saturated heterocycles. The Kier molecular flexibility index (Phi) is 5.56. The molecule has 4 rings (SSSR count). The van der Waals surface area contributed by atoms with E-state index in [-0.39, 0.29) is 22.7 Å². The van der Waals surface area contributed by atoms with Crippen LogP contribution >= 0.6 is 0 Å². The Morgan fingerprint density at radius 1 is 1.14 bits per heavy atom. The molecule has 2 unspecified atom stereocenters. The molecule has 1 aliphatic carbocycles. The minimum absolute atomic E-state index is 0.0538. The molecule has 0 aliphatic heterocycles. The topological polar surface area (TPSA) is 78.0 Å². The summed E-state index contributed by atoms with van der Waals surface area (Å²) in [4.78, 5) is 4.00. The average molecular weight is 410 g/mol. The summed E-state index contributed by atoms with van der Waals surface area (Å²) in [7, 11) is -1.62. The van der Waals surface area contributed by atoms with E-state index in [4.69, 9.17) is 5.73 Å². The molecule has 0 bridgehead atoms. The predicted octanol–water partition coefficient (Wildman–Crippen LogP) is 3.04. The van der Waals surface area contributed by atoms with E-state index < -0.39 is 9.84 Å². The Balaban J connectivity index is 1.55. The third-order valence-electron chi connectivity index (χ3n) is 5.83. The second-order valence-electron chi connectivity index (χ2n) is 7.98. The average Bonchev–Trinajstić information content (AvgIpc) is 3.17. The lowest BCUT2D eigenvalue weighted by Crippen LogP contribution is -2.34. The van der Waals surface area contributed by atoms with Crippen LogP contribution in [0.25, 0.3) is 0 Å². The van der Waals surface area contributed by atoms with Crippen LogP contribution in [0.15, 0.2) is 66.1 Å². The number of rotatable bonds is 6. The highest BCUT2D eigenvalue weighted by Crippen LogP contribution is 2.34. The second kappa shape index (κ2) is 8.13. The van der Waals surface area contributed by atoms with Crippen molar-refractivity contribution in [1.29, 1.82) is 0 Å². The fourth-order valence-electron chi connectivity index (χ4n) is 4.16. The van der Waals surface area contributed by atoms with Crippen molar-refractivity contribution in [2.24, 2.45) is 12.8 Å². The van der Waals surface area contributed by atoms with Gasteiger partial charge in [0, 0.05) is 25.2 Å². The first kappa shape index (κ1) is 19.9. The summed E-state index contributed by atoms with van der Waals surface area (Å²) in [6.07, 6.45) is 6.41. The van der Waals surface area contributed by atoms with Gasteiger partial charge in [-0.2, -0.15) is 0 Å². The first-order valence-corrected chi connectivity index (χ1v) is 11.7. The molecule has 29 heavy (non-hydrogen) atoms. The SMILES string of the molecule is Cn1cnc(S(=O)(=O)CCc2ccc3c(c2)C(Cc2ccccc2)C(N)CC3)c1. The molecule has 0 amide bonds. The number of nitrogens with two attached hydrogens (primary N) is 1. The van der Waals surface area contributed by atoms with E-state index >= 15 is 0 Å². The third-order valence-corrected chi connectivity index (χ3v) is 7.42. The van der Waals surface area contributed by atoms with Crippen LogP contribution < -0.4 is 5.73 Å². The molecular weight excluding hydrogens is 382 g/mol. The van der Waals surface area contributed by atoms with Crippen molar-refractivity contribution in [3.63, 3.8) is 0 Å². The van der Waals surface area contributed by atoms with Gasteiger partial charge in [0.05, 0.1) is 12.1 Å². The largest absolute Gasteiger partial charge is 0.339 e. The Hall–Kier alpha value is -2.44. The number of nitrogens with zero attached hydrogens (tertiary/aromatic N) is 2. The van der Waals surface area contributed by atoms with Crippen LogP contribution in [0.3, 0.4) is 0 Å². The number of benzene rings is 2. The summed E-state index contributed by atoms with van der Waals surface area (Å²) >= 11 is 0. The van der Waals surface area contributed by atoms with Crippen molar-refractivity contribution in [1.82, 2.24) is 9.55 Å². The fraction of sp³-hybridized carbons (Fsp3) is 0.348. The van der Waals surface area contributed by atoms with Crippen LogP contribution in [-0.4, -0.2) is 29.8 Å². The highest BCUT2D eigenvalue weighted by molar-refractivity contribution is 7.91. The van der Waals surface area contributed by atoms with E-state index in [0.29, 0.717) is 6.42 Å². The molecule has 1 heterocycles. The Morgan fingerprint density at radius 2 is 1.93 bits per heavy atom. The predicted molar refractivity (Wildman–Crippen MR) is 115 cm³/mol. The third kappa shape index (κ3) is 4.43. The van der Waals surface area contributed by atoms with Gasteiger partial charge in [-0.15, -0.1) is 0 Å². The molecule has 152 valence electrons. The molecule has 1 aliphatic rings. The summed E-state index contributed by atoms with van der Waals surface area (Å²) in [5.41, 5.74) is 11.4. The quantitative estimate of drug-likeness (QED) is 0.679. The molecule has 0 saturated carbocycles. The van der Waals surface area contributed by atoms with E-state index in [9.17, 15) is 8.42 Å². The van der Waals surface area contributed by atoms with E-state index in [1.165, 1.54) is 23.0 Å². The number of aromatic nitrogens is 2. The monoisotopic (exact) mass is 409 g/mol. The van der Waals surface area contributed by atoms with Crippen molar-refractivity contribution in [2.75, 3.05) is 5.75 Å². The normalized spacial score (nSPS) is 19.1. The van der Waals surface area contributed by atoms with Crippen molar-refractivity contribution in [2.45, 2.75) is 42.7 Å². The van der Waals surface area contributed by atoms with Crippen LogP contribution in [0.2, 0.25) is 0 Å². The molecule has 6 heteroatoms. The zero-order valence-corrected chi connectivity index (χ0v) is 17.5. The molecule has 0 fully saturated rings. The van der Waals surface area contributed by atoms with Crippen LogP contribution in [0, 0.1) is 0 Å². The number of imidazole rings is 1. The molecular formula is C23H27N3O2S. The summed E-state index contributed by atoms with van der Waals surface area (Å²) in [5, 5.41) is 0.141. The lowest BCUT2D eigenvalue weighted by molar-refractivity contribution is 0.467. The smallest absolute Gasteiger partial charge is 0.197 e. The Morgan fingerprint density at radius 3 is 2.66 bits per heavy atom. The van der Waals surface area contributed by atoms with Crippen molar-refractivity contribution in [3.8, 4) is 0 Å². The molecule has 5 nitrogen and oxygen atoms in total. The maximum absolute atomic E-state index is 12.6. The summed E-state index contributed by atoms with van der Waals surface area (Å²) in [5.74, 6) is 0.312. The molecule has 2 N–H and O–H groups in total. The van der Waals surface area contributed by atoms with Gasteiger partial charge in [0.2, 0.25) is 0 Å². The molecule has 0 spiro atoms. The number of sulfone groups is 1. The maximum atomic E-state index is 12.6. The van der Waals surface area contributed by atoms with Crippen molar-refractivity contribution in [3.05, 3.63) is 83.3 Å².